The third kappa shape index (κ3) is 5.87. The van der Waals surface area contributed by atoms with Crippen molar-refractivity contribution in [2.24, 2.45) is 11.7 Å². The third-order valence-corrected chi connectivity index (χ3v) is 4.50. The molecule has 26 heavy (non-hydrogen) atoms. The standard InChI is InChI=1S/C19H23N3O2.2ClH/c20-11-16-6-2-8-18(16)22-19(23)15-5-1-7-17(10-15)24-13-14-4-3-9-21-12-14;;/h1,3-5,7,9-10,12,16,18H,2,6,8,11,13,20H2,(H,22,23);2*1H. The highest BCUT2D eigenvalue weighted by atomic mass is 35.5. The molecule has 2 atom stereocenters. The number of aromatic nitrogens is 1. The largest absolute Gasteiger partial charge is 0.489 e. The lowest BCUT2D eigenvalue weighted by atomic mass is 10.0. The van der Waals surface area contributed by atoms with Crippen LogP contribution in [-0.4, -0.2) is 23.5 Å². The van der Waals surface area contributed by atoms with E-state index in [1.54, 1.807) is 24.5 Å². The highest BCUT2D eigenvalue weighted by Crippen LogP contribution is 2.25. The fourth-order valence-corrected chi connectivity index (χ4v) is 3.14. The summed E-state index contributed by atoms with van der Waals surface area (Å²) in [5.41, 5.74) is 7.38. The first kappa shape index (κ1) is 22.2. The number of carbonyl (C=O) groups excluding carboxylic acids is 1. The van der Waals surface area contributed by atoms with Crippen LogP contribution in [0, 0.1) is 5.92 Å². The van der Waals surface area contributed by atoms with Gasteiger partial charge in [-0.05, 0) is 49.6 Å². The van der Waals surface area contributed by atoms with Gasteiger partial charge in [-0.1, -0.05) is 18.6 Å². The SMILES string of the molecule is Cl.Cl.NCC1CCCC1NC(=O)c1cccc(OCc2cccnc2)c1. The first-order chi connectivity index (χ1) is 11.8. The number of rotatable bonds is 6. The fourth-order valence-electron chi connectivity index (χ4n) is 3.14. The Bertz CT molecular complexity index is 685. The summed E-state index contributed by atoms with van der Waals surface area (Å²) in [6, 6.07) is 11.3. The van der Waals surface area contributed by atoms with Crippen molar-refractivity contribution in [2.75, 3.05) is 6.54 Å². The summed E-state index contributed by atoms with van der Waals surface area (Å²) < 4.78 is 5.76. The molecule has 3 rings (SSSR count). The molecule has 1 aromatic carbocycles. The van der Waals surface area contributed by atoms with Gasteiger partial charge in [-0.15, -0.1) is 24.8 Å². The van der Waals surface area contributed by atoms with E-state index in [4.69, 9.17) is 10.5 Å². The molecule has 0 saturated heterocycles. The van der Waals surface area contributed by atoms with Gasteiger partial charge < -0.3 is 15.8 Å². The average molecular weight is 398 g/mol. The lowest BCUT2D eigenvalue weighted by Gasteiger charge is -2.19. The van der Waals surface area contributed by atoms with Gasteiger partial charge in [0.1, 0.15) is 12.4 Å². The van der Waals surface area contributed by atoms with Crippen LogP contribution in [-0.2, 0) is 6.61 Å². The van der Waals surface area contributed by atoms with Gasteiger partial charge in [0.2, 0.25) is 0 Å². The van der Waals surface area contributed by atoms with Gasteiger partial charge in [-0.3, -0.25) is 9.78 Å². The Labute approximate surface area is 166 Å². The van der Waals surface area contributed by atoms with Crippen LogP contribution in [0.1, 0.15) is 35.2 Å². The molecule has 0 aliphatic heterocycles. The van der Waals surface area contributed by atoms with E-state index >= 15 is 0 Å². The van der Waals surface area contributed by atoms with Crippen LogP contribution in [0.25, 0.3) is 0 Å². The zero-order valence-corrected chi connectivity index (χ0v) is 16.1. The van der Waals surface area contributed by atoms with E-state index < -0.39 is 0 Å². The van der Waals surface area contributed by atoms with E-state index in [2.05, 4.69) is 10.3 Å². The number of halogens is 2. The van der Waals surface area contributed by atoms with Crippen molar-refractivity contribution in [1.82, 2.24) is 10.3 Å². The number of amides is 1. The zero-order valence-electron chi connectivity index (χ0n) is 14.5. The topological polar surface area (TPSA) is 77.2 Å². The molecule has 1 amide bonds. The molecule has 2 aromatic rings. The van der Waals surface area contributed by atoms with Crippen LogP contribution >= 0.6 is 24.8 Å². The Balaban J connectivity index is 0.00000169. The predicted molar refractivity (Wildman–Crippen MR) is 107 cm³/mol. The van der Waals surface area contributed by atoms with Crippen molar-refractivity contribution in [3.8, 4) is 5.75 Å². The van der Waals surface area contributed by atoms with Crippen LogP contribution in [0.15, 0.2) is 48.8 Å². The number of ether oxygens (including phenoxy) is 1. The average Bonchev–Trinajstić information content (AvgIpc) is 3.08. The predicted octanol–water partition coefficient (Wildman–Crippen LogP) is 3.36. The van der Waals surface area contributed by atoms with E-state index in [0.717, 1.165) is 24.8 Å². The summed E-state index contributed by atoms with van der Waals surface area (Å²) >= 11 is 0. The monoisotopic (exact) mass is 397 g/mol. The number of hydrogen-bond donors (Lipinski definition) is 2. The summed E-state index contributed by atoms with van der Waals surface area (Å²) in [6.07, 6.45) is 6.72. The van der Waals surface area contributed by atoms with Crippen LogP contribution < -0.4 is 15.8 Å². The zero-order chi connectivity index (χ0) is 16.8. The number of nitrogens with two attached hydrogens (primary N) is 1. The number of nitrogens with zero attached hydrogens (tertiary/aromatic N) is 1. The van der Waals surface area contributed by atoms with Gasteiger partial charge in [-0.2, -0.15) is 0 Å². The number of nitrogens with one attached hydrogen (secondary N) is 1. The molecule has 0 radical (unpaired) electrons. The van der Waals surface area contributed by atoms with Gasteiger partial charge in [0, 0.05) is 29.6 Å². The third-order valence-electron chi connectivity index (χ3n) is 4.50. The Morgan fingerprint density at radius 1 is 1.23 bits per heavy atom. The number of carbonyl (C=O) groups is 1. The quantitative estimate of drug-likeness (QED) is 0.782. The Kier molecular flexibility index (Phi) is 9.41. The lowest BCUT2D eigenvalue weighted by molar-refractivity contribution is 0.0928. The van der Waals surface area contributed by atoms with E-state index in [1.807, 2.05) is 24.3 Å². The van der Waals surface area contributed by atoms with Crippen molar-refractivity contribution in [3.05, 3.63) is 59.9 Å². The van der Waals surface area contributed by atoms with Crippen molar-refractivity contribution in [2.45, 2.75) is 31.9 Å². The number of pyridine rings is 1. The molecule has 0 bridgehead atoms. The molecule has 2 unspecified atom stereocenters. The second-order valence-corrected chi connectivity index (χ2v) is 6.18. The van der Waals surface area contributed by atoms with E-state index in [-0.39, 0.29) is 36.8 Å². The minimum Gasteiger partial charge on any atom is -0.489 e. The molecule has 1 fully saturated rings. The van der Waals surface area contributed by atoms with Gasteiger partial charge in [0.25, 0.3) is 5.91 Å². The molecule has 1 saturated carbocycles. The molecule has 1 aliphatic rings. The van der Waals surface area contributed by atoms with Crippen LogP contribution in [0.5, 0.6) is 5.75 Å². The highest BCUT2D eigenvalue weighted by molar-refractivity contribution is 5.94. The van der Waals surface area contributed by atoms with Crippen molar-refractivity contribution in [1.29, 1.82) is 0 Å². The second kappa shape index (κ2) is 11.0. The molecule has 1 heterocycles. The van der Waals surface area contributed by atoms with Crippen molar-refractivity contribution >= 4 is 30.7 Å². The maximum atomic E-state index is 12.5. The van der Waals surface area contributed by atoms with Crippen molar-refractivity contribution < 1.29 is 9.53 Å². The molecule has 1 aromatic heterocycles. The van der Waals surface area contributed by atoms with Gasteiger partial charge >= 0.3 is 0 Å². The molecule has 142 valence electrons. The normalized spacial score (nSPS) is 18.3. The van der Waals surface area contributed by atoms with Gasteiger partial charge in [0.15, 0.2) is 0 Å². The molecule has 1 aliphatic carbocycles. The van der Waals surface area contributed by atoms with Crippen LogP contribution in [0.3, 0.4) is 0 Å². The first-order valence-corrected chi connectivity index (χ1v) is 8.39. The molecular weight excluding hydrogens is 373 g/mol. The van der Waals surface area contributed by atoms with Crippen molar-refractivity contribution in [3.63, 3.8) is 0 Å². The summed E-state index contributed by atoms with van der Waals surface area (Å²) in [5, 5.41) is 3.11. The molecule has 3 N–H and O–H groups in total. The second-order valence-electron chi connectivity index (χ2n) is 6.18. The number of benzene rings is 1. The Morgan fingerprint density at radius 2 is 2.08 bits per heavy atom. The lowest BCUT2D eigenvalue weighted by Crippen LogP contribution is -2.39. The summed E-state index contributed by atoms with van der Waals surface area (Å²) in [4.78, 5) is 16.5. The van der Waals surface area contributed by atoms with Crippen LogP contribution in [0.4, 0.5) is 0 Å². The summed E-state index contributed by atoms with van der Waals surface area (Å²) in [5.74, 6) is 0.999. The summed E-state index contributed by atoms with van der Waals surface area (Å²) in [7, 11) is 0. The molecule has 5 nitrogen and oxygen atoms in total. The van der Waals surface area contributed by atoms with E-state index in [9.17, 15) is 4.79 Å². The van der Waals surface area contributed by atoms with E-state index in [0.29, 0.717) is 30.4 Å². The maximum absolute atomic E-state index is 12.5. The summed E-state index contributed by atoms with van der Waals surface area (Å²) in [6.45, 7) is 1.05. The van der Waals surface area contributed by atoms with Crippen LogP contribution in [0.2, 0.25) is 0 Å². The van der Waals surface area contributed by atoms with E-state index in [1.165, 1.54) is 0 Å². The van der Waals surface area contributed by atoms with Gasteiger partial charge in [-0.25, -0.2) is 0 Å². The molecule has 7 heteroatoms. The molecular formula is C19H25Cl2N3O2. The number of hydrogen-bond acceptors (Lipinski definition) is 4. The Morgan fingerprint density at radius 3 is 2.81 bits per heavy atom. The maximum Gasteiger partial charge on any atom is 0.251 e. The Hall–Kier alpha value is -1.82. The van der Waals surface area contributed by atoms with Gasteiger partial charge in [0.05, 0.1) is 0 Å². The smallest absolute Gasteiger partial charge is 0.251 e. The molecule has 0 spiro atoms. The fraction of sp³-hybridized carbons (Fsp3) is 0.368. The minimum atomic E-state index is -0.0628. The highest BCUT2D eigenvalue weighted by Gasteiger charge is 2.27. The minimum absolute atomic E-state index is 0. The first-order valence-electron chi connectivity index (χ1n) is 8.39.